The SMILES string of the molecule is O=C(O)Sc1ccoc1. The van der Waals surface area contributed by atoms with Crippen LogP contribution in [0.1, 0.15) is 0 Å². The van der Waals surface area contributed by atoms with E-state index >= 15 is 0 Å². The largest absolute Gasteiger partial charge is 0.473 e. The number of carboxylic acid groups (broad SMARTS) is 1. The second kappa shape index (κ2) is 2.59. The van der Waals surface area contributed by atoms with E-state index in [4.69, 9.17) is 5.11 Å². The molecule has 1 aromatic heterocycles. The summed E-state index contributed by atoms with van der Waals surface area (Å²) in [5.41, 5.74) is 0. The lowest BCUT2D eigenvalue weighted by Gasteiger charge is -1.83. The van der Waals surface area contributed by atoms with Gasteiger partial charge in [-0.2, -0.15) is 0 Å². The number of rotatable bonds is 1. The van der Waals surface area contributed by atoms with Gasteiger partial charge in [0.15, 0.2) is 0 Å². The van der Waals surface area contributed by atoms with Gasteiger partial charge in [0, 0.05) is 0 Å². The summed E-state index contributed by atoms with van der Waals surface area (Å²) in [4.78, 5) is 10.6. The minimum atomic E-state index is -0.920. The van der Waals surface area contributed by atoms with Crippen molar-refractivity contribution in [3.05, 3.63) is 18.6 Å². The first kappa shape index (κ1) is 6.22. The van der Waals surface area contributed by atoms with Gasteiger partial charge in [-0.3, -0.25) is 0 Å². The van der Waals surface area contributed by atoms with E-state index in [1.165, 1.54) is 12.5 Å². The van der Waals surface area contributed by atoms with Crippen molar-refractivity contribution in [3.8, 4) is 0 Å². The highest BCUT2D eigenvalue weighted by Gasteiger charge is 2.00. The van der Waals surface area contributed by atoms with E-state index in [9.17, 15) is 4.79 Å². The highest BCUT2D eigenvalue weighted by atomic mass is 32.2. The first-order valence-electron chi connectivity index (χ1n) is 2.22. The number of hydrogen-bond acceptors (Lipinski definition) is 3. The highest BCUT2D eigenvalue weighted by molar-refractivity contribution is 8.13. The van der Waals surface area contributed by atoms with Crippen molar-refractivity contribution in [2.24, 2.45) is 0 Å². The van der Waals surface area contributed by atoms with Crippen LogP contribution in [0.5, 0.6) is 0 Å². The van der Waals surface area contributed by atoms with Crippen LogP contribution in [0.3, 0.4) is 0 Å². The number of furan rings is 1. The summed E-state index contributed by atoms with van der Waals surface area (Å²) < 4.78 is 4.63. The van der Waals surface area contributed by atoms with Crippen LogP contribution < -0.4 is 0 Å². The quantitative estimate of drug-likeness (QED) is 0.613. The van der Waals surface area contributed by atoms with Gasteiger partial charge in [0.1, 0.15) is 6.26 Å². The van der Waals surface area contributed by atoms with Crippen LogP contribution in [0.4, 0.5) is 4.79 Å². The van der Waals surface area contributed by atoms with E-state index in [-0.39, 0.29) is 0 Å². The van der Waals surface area contributed by atoms with E-state index in [1.807, 2.05) is 0 Å². The van der Waals surface area contributed by atoms with Crippen LogP contribution in [0.15, 0.2) is 27.9 Å². The summed E-state index contributed by atoms with van der Waals surface area (Å²) >= 11 is 0.728. The summed E-state index contributed by atoms with van der Waals surface area (Å²) in [6, 6.07) is 1.60. The normalized spacial score (nSPS) is 9.33. The molecule has 48 valence electrons. The monoisotopic (exact) mass is 144 g/mol. The third-order valence-electron chi connectivity index (χ3n) is 0.700. The van der Waals surface area contributed by atoms with Gasteiger partial charge in [0.25, 0.3) is 0 Å². The lowest BCUT2D eigenvalue weighted by molar-refractivity contribution is 0.222. The average Bonchev–Trinajstić information content (AvgIpc) is 2.15. The molecule has 0 aromatic carbocycles. The minimum absolute atomic E-state index is 0.613. The summed E-state index contributed by atoms with van der Waals surface area (Å²) in [5.74, 6) is 0. The molecule has 0 bridgehead atoms. The zero-order valence-electron chi connectivity index (χ0n) is 4.40. The molecule has 0 atom stereocenters. The molecule has 0 aliphatic heterocycles. The number of hydrogen-bond donors (Lipinski definition) is 1. The molecular weight excluding hydrogens is 140 g/mol. The Kier molecular flexibility index (Phi) is 1.79. The molecule has 1 aromatic rings. The first-order valence-corrected chi connectivity index (χ1v) is 3.03. The van der Waals surface area contributed by atoms with Gasteiger partial charge >= 0.3 is 5.30 Å². The van der Waals surface area contributed by atoms with Crippen LogP contribution in [-0.2, 0) is 0 Å². The van der Waals surface area contributed by atoms with E-state index in [1.54, 1.807) is 6.07 Å². The Bertz CT molecular complexity index is 192. The molecule has 0 aliphatic rings. The second-order valence-corrected chi connectivity index (χ2v) is 2.35. The van der Waals surface area contributed by atoms with Gasteiger partial charge in [-0.1, -0.05) is 0 Å². The van der Waals surface area contributed by atoms with Crippen molar-refractivity contribution in [2.45, 2.75) is 4.90 Å². The van der Waals surface area contributed by atoms with Crippen molar-refractivity contribution in [3.63, 3.8) is 0 Å². The molecule has 3 nitrogen and oxygen atoms in total. The minimum Gasteiger partial charge on any atom is -0.473 e. The number of carbonyl (C=O) groups is 1. The average molecular weight is 144 g/mol. The Labute approximate surface area is 55.7 Å². The molecule has 0 spiro atoms. The molecule has 0 amide bonds. The Morgan fingerprint density at radius 1 is 1.78 bits per heavy atom. The van der Waals surface area contributed by atoms with Crippen molar-refractivity contribution in [2.75, 3.05) is 0 Å². The molecule has 1 N–H and O–H groups in total. The first-order chi connectivity index (χ1) is 4.29. The lowest BCUT2D eigenvalue weighted by Crippen LogP contribution is -1.79. The zero-order valence-corrected chi connectivity index (χ0v) is 5.22. The fraction of sp³-hybridized carbons (Fsp3) is 0. The van der Waals surface area contributed by atoms with Gasteiger partial charge < -0.3 is 9.52 Å². The Balaban J connectivity index is 2.58. The lowest BCUT2D eigenvalue weighted by atomic mass is 10.7. The van der Waals surface area contributed by atoms with Gasteiger partial charge in [0.05, 0.1) is 11.2 Å². The molecule has 0 fully saturated rings. The summed E-state index contributed by atoms with van der Waals surface area (Å²) in [6.45, 7) is 0. The molecule has 0 radical (unpaired) electrons. The van der Waals surface area contributed by atoms with Gasteiger partial charge in [-0.05, 0) is 17.8 Å². The molecule has 0 aliphatic carbocycles. The van der Waals surface area contributed by atoms with Crippen LogP contribution in [0.2, 0.25) is 0 Å². The van der Waals surface area contributed by atoms with Crippen molar-refractivity contribution in [1.82, 2.24) is 0 Å². The molecule has 1 heterocycles. The molecule has 1 rings (SSSR count). The molecule has 4 heteroatoms. The summed E-state index contributed by atoms with van der Waals surface area (Å²) in [6.07, 6.45) is 2.82. The van der Waals surface area contributed by atoms with Crippen LogP contribution >= 0.6 is 11.8 Å². The van der Waals surface area contributed by atoms with Gasteiger partial charge in [0.2, 0.25) is 0 Å². The molecular formula is C5H4O3S. The Morgan fingerprint density at radius 3 is 3.00 bits per heavy atom. The van der Waals surface area contributed by atoms with Gasteiger partial charge in [-0.25, -0.2) is 4.79 Å². The predicted octanol–water partition coefficient (Wildman–Crippen LogP) is 2.05. The standard InChI is InChI=1S/C5H4O3S/c6-5(7)9-4-1-2-8-3-4/h1-3H,(H,6,7). The van der Waals surface area contributed by atoms with Crippen LogP contribution in [0, 0.1) is 0 Å². The fourth-order valence-electron chi connectivity index (χ4n) is 0.411. The maximum Gasteiger partial charge on any atom is 0.369 e. The third kappa shape index (κ3) is 1.81. The number of thioether (sulfide) groups is 1. The summed E-state index contributed by atoms with van der Waals surface area (Å²) in [5, 5.41) is 7.29. The molecule has 9 heavy (non-hydrogen) atoms. The molecule has 0 unspecified atom stereocenters. The predicted molar refractivity (Wildman–Crippen MR) is 32.6 cm³/mol. The van der Waals surface area contributed by atoms with Crippen molar-refractivity contribution >= 4 is 17.1 Å². The topological polar surface area (TPSA) is 50.4 Å². The van der Waals surface area contributed by atoms with E-state index in [2.05, 4.69) is 4.42 Å². The Morgan fingerprint density at radius 2 is 2.56 bits per heavy atom. The summed E-state index contributed by atoms with van der Waals surface area (Å²) in [7, 11) is 0. The van der Waals surface area contributed by atoms with E-state index in [0.717, 1.165) is 11.8 Å². The van der Waals surface area contributed by atoms with Crippen LogP contribution in [-0.4, -0.2) is 10.4 Å². The van der Waals surface area contributed by atoms with E-state index < -0.39 is 5.30 Å². The zero-order chi connectivity index (χ0) is 6.69. The molecule has 0 saturated carbocycles. The highest BCUT2D eigenvalue weighted by Crippen LogP contribution is 2.17. The fourth-order valence-corrected chi connectivity index (χ4v) is 0.840. The van der Waals surface area contributed by atoms with Crippen LogP contribution in [0.25, 0.3) is 0 Å². The second-order valence-electron chi connectivity index (χ2n) is 1.33. The molecule has 0 saturated heterocycles. The smallest absolute Gasteiger partial charge is 0.369 e. The van der Waals surface area contributed by atoms with Gasteiger partial charge in [-0.15, -0.1) is 0 Å². The van der Waals surface area contributed by atoms with E-state index in [0.29, 0.717) is 4.90 Å². The Hall–Kier alpha value is -0.900. The van der Waals surface area contributed by atoms with Crippen molar-refractivity contribution < 1.29 is 14.3 Å². The third-order valence-corrected chi connectivity index (χ3v) is 1.34. The maximum atomic E-state index is 9.99. The maximum absolute atomic E-state index is 9.99. The van der Waals surface area contributed by atoms with Crippen molar-refractivity contribution in [1.29, 1.82) is 0 Å².